The highest BCUT2D eigenvalue weighted by molar-refractivity contribution is 7.11. The van der Waals surface area contributed by atoms with Crippen LogP contribution in [0.1, 0.15) is 27.2 Å². The van der Waals surface area contributed by atoms with Gasteiger partial charge >= 0.3 is 0 Å². The number of hydrogen-bond acceptors (Lipinski definition) is 3. The third-order valence-corrected chi connectivity index (χ3v) is 4.00. The molecule has 0 radical (unpaired) electrons. The van der Waals surface area contributed by atoms with Crippen molar-refractivity contribution in [1.29, 1.82) is 0 Å². The lowest BCUT2D eigenvalue weighted by Crippen LogP contribution is -2.01. The predicted octanol–water partition coefficient (Wildman–Crippen LogP) is 3.69. The summed E-state index contributed by atoms with van der Waals surface area (Å²) in [5, 5.41) is 11.7. The van der Waals surface area contributed by atoms with E-state index in [1.165, 1.54) is 4.88 Å². The standard InChI is InChI=1S/C13H14ClNOS/c1-8-9(2)17-13(15-8)7-12(16)10-4-3-5-11(14)6-10/h3-6,12,16H,7H2,1-2H3. The molecule has 17 heavy (non-hydrogen) atoms. The fourth-order valence-electron chi connectivity index (χ4n) is 1.62. The molecule has 2 rings (SSSR count). The van der Waals surface area contributed by atoms with Crippen LogP contribution in [0.5, 0.6) is 0 Å². The third kappa shape index (κ3) is 3.06. The van der Waals surface area contributed by atoms with Gasteiger partial charge in [0.1, 0.15) is 0 Å². The molecule has 1 heterocycles. The van der Waals surface area contributed by atoms with E-state index in [-0.39, 0.29) is 0 Å². The number of aliphatic hydroxyl groups excluding tert-OH is 1. The monoisotopic (exact) mass is 267 g/mol. The van der Waals surface area contributed by atoms with Crippen LogP contribution in [0.2, 0.25) is 5.02 Å². The van der Waals surface area contributed by atoms with Crippen LogP contribution in [-0.2, 0) is 6.42 Å². The Labute approximate surface area is 110 Å². The summed E-state index contributed by atoms with van der Waals surface area (Å²) in [6.45, 7) is 4.03. The molecule has 1 unspecified atom stereocenters. The molecule has 4 heteroatoms. The second-order valence-electron chi connectivity index (χ2n) is 4.02. The van der Waals surface area contributed by atoms with E-state index in [0.29, 0.717) is 11.4 Å². The molecule has 2 nitrogen and oxygen atoms in total. The second-order valence-corrected chi connectivity index (χ2v) is 5.75. The van der Waals surface area contributed by atoms with Gasteiger partial charge in [-0.2, -0.15) is 0 Å². The molecule has 1 N–H and O–H groups in total. The van der Waals surface area contributed by atoms with Gasteiger partial charge in [0.25, 0.3) is 0 Å². The van der Waals surface area contributed by atoms with E-state index in [0.717, 1.165) is 16.3 Å². The zero-order chi connectivity index (χ0) is 12.4. The van der Waals surface area contributed by atoms with Crippen molar-refractivity contribution in [2.24, 2.45) is 0 Å². The van der Waals surface area contributed by atoms with Crippen molar-refractivity contribution in [2.45, 2.75) is 26.4 Å². The number of rotatable bonds is 3. The van der Waals surface area contributed by atoms with E-state index in [4.69, 9.17) is 11.6 Å². The van der Waals surface area contributed by atoms with Gasteiger partial charge in [-0.1, -0.05) is 23.7 Å². The number of aryl methyl sites for hydroxylation is 2. The Morgan fingerprint density at radius 3 is 2.76 bits per heavy atom. The van der Waals surface area contributed by atoms with E-state index in [1.807, 2.05) is 26.0 Å². The van der Waals surface area contributed by atoms with Crippen molar-refractivity contribution in [3.63, 3.8) is 0 Å². The molecule has 0 bridgehead atoms. The molecular formula is C13H14ClNOS. The minimum atomic E-state index is -0.543. The first-order chi connectivity index (χ1) is 8.06. The molecule has 1 aromatic heterocycles. The number of aromatic nitrogens is 1. The highest BCUT2D eigenvalue weighted by Gasteiger charge is 2.12. The molecule has 0 saturated heterocycles. The van der Waals surface area contributed by atoms with E-state index >= 15 is 0 Å². The van der Waals surface area contributed by atoms with Crippen LogP contribution in [0, 0.1) is 13.8 Å². The molecule has 2 aromatic rings. The maximum Gasteiger partial charge on any atom is 0.0960 e. The summed E-state index contributed by atoms with van der Waals surface area (Å²) in [4.78, 5) is 5.63. The summed E-state index contributed by atoms with van der Waals surface area (Å²) in [5.74, 6) is 0. The van der Waals surface area contributed by atoms with Gasteiger partial charge in [0.15, 0.2) is 0 Å². The van der Waals surface area contributed by atoms with Crippen molar-refractivity contribution in [3.8, 4) is 0 Å². The summed E-state index contributed by atoms with van der Waals surface area (Å²) in [6.07, 6.45) is -0.00156. The largest absolute Gasteiger partial charge is 0.388 e. The summed E-state index contributed by atoms with van der Waals surface area (Å²) >= 11 is 7.53. The number of benzene rings is 1. The Kier molecular flexibility index (Phi) is 3.82. The van der Waals surface area contributed by atoms with Crippen LogP contribution >= 0.6 is 22.9 Å². The molecule has 0 amide bonds. The van der Waals surface area contributed by atoms with Gasteiger partial charge in [-0.25, -0.2) is 4.98 Å². The Hall–Kier alpha value is -0.900. The Balaban J connectivity index is 2.14. The number of aliphatic hydroxyl groups is 1. The predicted molar refractivity (Wildman–Crippen MR) is 71.7 cm³/mol. The molecule has 1 aromatic carbocycles. The Morgan fingerprint density at radius 2 is 2.18 bits per heavy atom. The lowest BCUT2D eigenvalue weighted by atomic mass is 10.1. The first-order valence-electron chi connectivity index (χ1n) is 5.42. The molecular weight excluding hydrogens is 254 g/mol. The van der Waals surface area contributed by atoms with Crippen LogP contribution in [0.4, 0.5) is 0 Å². The van der Waals surface area contributed by atoms with E-state index in [2.05, 4.69) is 4.98 Å². The van der Waals surface area contributed by atoms with Gasteiger partial charge in [-0.15, -0.1) is 11.3 Å². The summed E-state index contributed by atoms with van der Waals surface area (Å²) in [7, 11) is 0. The Morgan fingerprint density at radius 1 is 1.41 bits per heavy atom. The topological polar surface area (TPSA) is 33.1 Å². The fourth-order valence-corrected chi connectivity index (χ4v) is 2.79. The summed E-state index contributed by atoms with van der Waals surface area (Å²) in [6, 6.07) is 7.32. The quantitative estimate of drug-likeness (QED) is 0.920. The highest BCUT2D eigenvalue weighted by atomic mass is 35.5. The molecule has 0 aliphatic rings. The zero-order valence-corrected chi connectivity index (χ0v) is 11.3. The van der Waals surface area contributed by atoms with Crippen LogP contribution in [-0.4, -0.2) is 10.1 Å². The molecule has 0 spiro atoms. The molecule has 1 atom stereocenters. The average molecular weight is 268 g/mol. The Bertz CT molecular complexity index is 504. The van der Waals surface area contributed by atoms with Crippen LogP contribution < -0.4 is 0 Å². The van der Waals surface area contributed by atoms with Crippen LogP contribution in [0.25, 0.3) is 0 Å². The van der Waals surface area contributed by atoms with Crippen molar-refractivity contribution < 1.29 is 5.11 Å². The highest BCUT2D eigenvalue weighted by Crippen LogP contribution is 2.24. The van der Waals surface area contributed by atoms with Gasteiger partial charge in [0, 0.05) is 16.3 Å². The van der Waals surface area contributed by atoms with Gasteiger partial charge in [-0.3, -0.25) is 0 Å². The number of thiazole rings is 1. The fraction of sp³-hybridized carbons (Fsp3) is 0.308. The minimum Gasteiger partial charge on any atom is -0.388 e. The number of nitrogens with zero attached hydrogens (tertiary/aromatic N) is 1. The maximum atomic E-state index is 10.1. The first-order valence-corrected chi connectivity index (χ1v) is 6.62. The van der Waals surface area contributed by atoms with Crippen molar-refractivity contribution in [2.75, 3.05) is 0 Å². The lowest BCUT2D eigenvalue weighted by molar-refractivity contribution is 0.178. The van der Waals surface area contributed by atoms with E-state index in [9.17, 15) is 5.11 Å². The van der Waals surface area contributed by atoms with E-state index in [1.54, 1.807) is 23.5 Å². The van der Waals surface area contributed by atoms with Crippen molar-refractivity contribution in [1.82, 2.24) is 4.98 Å². The molecule has 0 fully saturated rings. The van der Waals surface area contributed by atoms with Gasteiger partial charge in [0.2, 0.25) is 0 Å². The first kappa shape index (κ1) is 12.6. The normalized spacial score (nSPS) is 12.7. The summed E-state index contributed by atoms with van der Waals surface area (Å²) < 4.78 is 0. The summed E-state index contributed by atoms with van der Waals surface area (Å²) in [5.41, 5.74) is 1.88. The van der Waals surface area contributed by atoms with Crippen molar-refractivity contribution in [3.05, 3.63) is 50.4 Å². The zero-order valence-electron chi connectivity index (χ0n) is 9.77. The van der Waals surface area contributed by atoms with Crippen LogP contribution in [0.3, 0.4) is 0 Å². The molecule has 0 saturated carbocycles. The van der Waals surface area contributed by atoms with Gasteiger partial charge in [0.05, 0.1) is 16.8 Å². The SMILES string of the molecule is Cc1nc(CC(O)c2cccc(Cl)c2)sc1C. The van der Waals surface area contributed by atoms with E-state index < -0.39 is 6.10 Å². The lowest BCUT2D eigenvalue weighted by Gasteiger charge is -2.09. The second kappa shape index (κ2) is 5.17. The minimum absolute atomic E-state index is 0.541. The number of halogens is 1. The molecule has 0 aliphatic heterocycles. The van der Waals surface area contributed by atoms with Crippen molar-refractivity contribution >= 4 is 22.9 Å². The molecule has 90 valence electrons. The average Bonchev–Trinajstić information content (AvgIpc) is 2.58. The maximum absolute atomic E-state index is 10.1. The smallest absolute Gasteiger partial charge is 0.0960 e. The third-order valence-electron chi connectivity index (χ3n) is 2.67. The molecule has 0 aliphatic carbocycles. The van der Waals surface area contributed by atoms with Crippen LogP contribution in [0.15, 0.2) is 24.3 Å². The number of hydrogen-bond donors (Lipinski definition) is 1. The van der Waals surface area contributed by atoms with Gasteiger partial charge < -0.3 is 5.11 Å². The van der Waals surface area contributed by atoms with Gasteiger partial charge in [-0.05, 0) is 31.5 Å².